The fraction of sp³-hybridized carbons (Fsp3) is 1.00. The van der Waals surface area contributed by atoms with Crippen molar-refractivity contribution in [3.05, 3.63) is 0 Å². The molecule has 5 unspecified atom stereocenters. The summed E-state index contributed by atoms with van der Waals surface area (Å²) in [5, 5.41) is 29.3. The van der Waals surface area contributed by atoms with Gasteiger partial charge in [0, 0.05) is 12.4 Å². The maximum atomic E-state index is 13.2. The van der Waals surface area contributed by atoms with Gasteiger partial charge in [-0.25, -0.2) is 0 Å². The molecule has 4 radical (unpaired) electrons. The van der Waals surface area contributed by atoms with E-state index in [0.29, 0.717) is 6.42 Å². The molecule has 0 bridgehead atoms. The van der Waals surface area contributed by atoms with Gasteiger partial charge >= 0.3 is 7.60 Å². The minimum Gasteiger partial charge on any atom is -0.388 e. The van der Waals surface area contributed by atoms with Gasteiger partial charge in [0.1, 0.15) is 14.0 Å². The van der Waals surface area contributed by atoms with Gasteiger partial charge in [-0.1, -0.05) is 13.8 Å². The SMILES string of the molecule is [B][C@@H]1O[C@H](CC(C)(CC)OP([B])(=O)C(C)C(C)(C)OP(=O)(O)C(C)O)[C@@H](O)[C@H]1O. The van der Waals surface area contributed by atoms with Gasteiger partial charge < -0.3 is 34.0 Å². The molecule has 1 rings (SSSR count). The third-order valence-corrected chi connectivity index (χ3v) is 9.63. The quantitative estimate of drug-likeness (QED) is 0.285. The van der Waals surface area contributed by atoms with Gasteiger partial charge in [0.05, 0.1) is 29.1 Å². The molecular weight excluding hydrogens is 420 g/mol. The summed E-state index contributed by atoms with van der Waals surface area (Å²) in [5.41, 5.74) is -3.61. The Kier molecular flexibility index (Phi) is 8.89. The lowest BCUT2D eigenvalue weighted by Crippen LogP contribution is -2.42. The number of ether oxygens (including phenoxy) is 1. The van der Waals surface area contributed by atoms with Crippen molar-refractivity contribution in [2.24, 2.45) is 0 Å². The smallest absolute Gasteiger partial charge is 0.356 e. The van der Waals surface area contributed by atoms with E-state index in [0.717, 1.165) is 6.92 Å². The second-order valence-electron chi connectivity index (χ2n) is 8.43. The molecule has 166 valence electrons. The molecular formula is C16H32B2O9P2. The topological polar surface area (TPSA) is 143 Å². The van der Waals surface area contributed by atoms with Crippen LogP contribution in [0.15, 0.2) is 0 Å². The van der Waals surface area contributed by atoms with Crippen LogP contribution in [0.25, 0.3) is 0 Å². The van der Waals surface area contributed by atoms with Crippen molar-refractivity contribution < 1.29 is 43.1 Å². The molecule has 0 aromatic rings. The Morgan fingerprint density at radius 2 is 1.66 bits per heavy atom. The fourth-order valence-corrected chi connectivity index (χ4v) is 6.00. The molecule has 4 N–H and O–H groups in total. The lowest BCUT2D eigenvalue weighted by molar-refractivity contribution is -0.0331. The Labute approximate surface area is 175 Å². The molecule has 29 heavy (non-hydrogen) atoms. The van der Waals surface area contributed by atoms with E-state index in [1.54, 1.807) is 13.8 Å². The van der Waals surface area contributed by atoms with Crippen LogP contribution in [0.4, 0.5) is 0 Å². The largest absolute Gasteiger partial charge is 0.388 e. The van der Waals surface area contributed by atoms with Gasteiger partial charge in [0.15, 0.2) is 13.1 Å². The van der Waals surface area contributed by atoms with E-state index in [1.165, 1.54) is 20.8 Å². The maximum absolute atomic E-state index is 13.2. The highest BCUT2D eigenvalue weighted by atomic mass is 31.2. The van der Waals surface area contributed by atoms with Gasteiger partial charge in [-0.15, -0.1) is 0 Å². The first-order valence-electron chi connectivity index (χ1n) is 9.46. The number of hydrogen-bond acceptors (Lipinski definition) is 8. The van der Waals surface area contributed by atoms with Crippen LogP contribution in [-0.4, -0.2) is 82.6 Å². The molecule has 0 aromatic heterocycles. The predicted octanol–water partition coefficient (Wildman–Crippen LogP) is 1.25. The second-order valence-corrected chi connectivity index (χ2v) is 12.7. The molecule has 9 nitrogen and oxygen atoms in total. The average Bonchev–Trinajstić information content (AvgIpc) is 2.79. The zero-order valence-corrected chi connectivity index (χ0v) is 19.5. The minimum atomic E-state index is -4.39. The Morgan fingerprint density at radius 3 is 2.03 bits per heavy atom. The molecule has 1 aliphatic rings. The standard InChI is InChI=1S/C16H32B2O9P2/c1-7-16(6,8-11-12(20)13(21)14(17)25-11)27-28(18,22)9(2)15(4,5)26-29(23,24)10(3)19/h9-14,19-21H,7-8H2,1-6H3,(H,23,24)/t9?,10?,11-,12-,13-,14-,16?,28?/m1/s1. The monoisotopic (exact) mass is 452 g/mol. The van der Waals surface area contributed by atoms with Crippen molar-refractivity contribution in [2.45, 2.75) is 101 Å². The van der Waals surface area contributed by atoms with E-state index in [4.69, 9.17) is 29.2 Å². The Hall–Kier alpha value is 0.310. The third kappa shape index (κ3) is 6.64. The van der Waals surface area contributed by atoms with Gasteiger partial charge in [-0.2, -0.15) is 0 Å². The van der Waals surface area contributed by atoms with Gasteiger partial charge in [0.25, 0.3) is 0 Å². The molecule has 0 saturated carbocycles. The number of aliphatic hydroxyl groups excluding tert-OH is 3. The van der Waals surface area contributed by atoms with Crippen LogP contribution in [0.2, 0.25) is 0 Å². The highest BCUT2D eigenvalue weighted by Gasteiger charge is 2.48. The lowest BCUT2D eigenvalue weighted by atomic mass is 9.90. The van der Waals surface area contributed by atoms with Crippen LogP contribution in [0.1, 0.15) is 54.4 Å². The van der Waals surface area contributed by atoms with Gasteiger partial charge in [-0.05, 0) is 34.1 Å². The van der Waals surface area contributed by atoms with Crippen LogP contribution in [0.5, 0.6) is 0 Å². The number of aliphatic hydroxyl groups is 3. The van der Waals surface area contributed by atoms with E-state index in [-0.39, 0.29) is 6.42 Å². The Morgan fingerprint density at radius 1 is 1.14 bits per heavy atom. The van der Waals surface area contributed by atoms with E-state index >= 15 is 0 Å². The highest BCUT2D eigenvalue weighted by molar-refractivity contribution is 7.84. The first kappa shape index (κ1) is 27.3. The van der Waals surface area contributed by atoms with Crippen molar-refractivity contribution >= 4 is 30.3 Å². The lowest BCUT2D eigenvalue weighted by Gasteiger charge is -2.41. The molecule has 1 aliphatic heterocycles. The van der Waals surface area contributed by atoms with Crippen molar-refractivity contribution in [3.8, 4) is 0 Å². The first-order valence-corrected chi connectivity index (χ1v) is 12.9. The molecule has 13 heteroatoms. The van der Waals surface area contributed by atoms with Gasteiger partial charge in [-0.3, -0.25) is 9.09 Å². The summed E-state index contributed by atoms with van der Waals surface area (Å²) in [6, 6.07) is -1.05. The average molecular weight is 452 g/mol. The van der Waals surface area contributed by atoms with E-state index < -0.39 is 61.9 Å². The summed E-state index contributed by atoms with van der Waals surface area (Å²) in [4.78, 5) is 9.82. The van der Waals surface area contributed by atoms with Crippen LogP contribution < -0.4 is 0 Å². The molecule has 0 aromatic carbocycles. The van der Waals surface area contributed by atoms with E-state index in [1.807, 2.05) is 0 Å². The van der Waals surface area contributed by atoms with Gasteiger partial charge in [0.2, 0.25) is 7.57 Å². The molecule has 0 amide bonds. The zero-order chi connectivity index (χ0) is 23.0. The molecule has 0 aliphatic carbocycles. The van der Waals surface area contributed by atoms with Crippen molar-refractivity contribution in [1.82, 2.24) is 0 Å². The number of hydrogen-bond donors (Lipinski definition) is 4. The second kappa shape index (κ2) is 9.43. The van der Waals surface area contributed by atoms with Crippen molar-refractivity contribution in [2.75, 3.05) is 0 Å². The Balaban J connectivity index is 2.99. The maximum Gasteiger partial charge on any atom is 0.356 e. The molecule has 1 saturated heterocycles. The van der Waals surface area contributed by atoms with Crippen LogP contribution >= 0.6 is 14.8 Å². The highest BCUT2D eigenvalue weighted by Crippen LogP contribution is 2.59. The molecule has 0 spiro atoms. The molecule has 1 heterocycles. The normalized spacial score (nSPS) is 34.0. The summed E-state index contributed by atoms with van der Waals surface area (Å²) in [5.74, 6) is -1.63. The fourth-order valence-electron chi connectivity index (χ4n) is 2.96. The summed E-state index contributed by atoms with van der Waals surface area (Å²) < 4.78 is 41.6. The van der Waals surface area contributed by atoms with Crippen molar-refractivity contribution in [1.29, 1.82) is 0 Å². The summed E-state index contributed by atoms with van der Waals surface area (Å²) >= 11 is 0. The van der Waals surface area contributed by atoms with Crippen molar-refractivity contribution in [3.63, 3.8) is 0 Å². The zero-order valence-electron chi connectivity index (χ0n) is 17.8. The van der Waals surface area contributed by atoms with Crippen LogP contribution in [0.3, 0.4) is 0 Å². The first-order chi connectivity index (χ1) is 12.9. The van der Waals surface area contributed by atoms with Crippen LogP contribution in [0, 0.1) is 0 Å². The summed E-state index contributed by atoms with van der Waals surface area (Å²) in [6.07, 6.45) is -2.95. The third-order valence-electron chi connectivity index (χ3n) is 5.53. The summed E-state index contributed by atoms with van der Waals surface area (Å²) in [6.45, 7) is 8.81. The Bertz CT molecular complexity index is 662. The molecule has 1 fully saturated rings. The van der Waals surface area contributed by atoms with E-state index in [2.05, 4.69) is 0 Å². The number of rotatable bonds is 10. The van der Waals surface area contributed by atoms with E-state index in [9.17, 15) is 29.3 Å². The summed E-state index contributed by atoms with van der Waals surface area (Å²) in [7, 11) is 3.28. The van der Waals surface area contributed by atoms with Crippen LogP contribution in [-0.2, 0) is 22.9 Å². The molecule has 9 atom stereocenters. The minimum absolute atomic E-state index is 0.0524. The predicted molar refractivity (Wildman–Crippen MR) is 110 cm³/mol.